The molecule has 0 aliphatic rings. The van der Waals surface area contributed by atoms with Gasteiger partial charge in [-0.15, -0.1) is 5.10 Å². The zero-order valence-electron chi connectivity index (χ0n) is 18.1. The normalized spacial score (nSPS) is 12.7. The maximum atomic E-state index is 12.9. The molecular weight excluding hydrogens is 477 g/mol. The second-order valence-corrected chi connectivity index (χ2v) is 10.5. The molecule has 0 aliphatic heterocycles. The lowest BCUT2D eigenvalue weighted by Gasteiger charge is -2.18. The number of furan rings is 1. The highest BCUT2D eigenvalue weighted by Gasteiger charge is 2.16. The van der Waals surface area contributed by atoms with Gasteiger partial charge >= 0.3 is 0 Å². The van der Waals surface area contributed by atoms with E-state index in [1.165, 1.54) is 21.4 Å². The number of hydrogen-bond acceptors (Lipinski definition) is 5. The van der Waals surface area contributed by atoms with E-state index in [-0.39, 0.29) is 11.0 Å². The smallest absolute Gasteiger partial charge is 0.291 e. The molecule has 33 heavy (non-hydrogen) atoms. The Hall–Kier alpha value is -2.93. The number of hydrogen-bond donors (Lipinski definition) is 0. The quantitative estimate of drug-likeness (QED) is 0.297. The van der Waals surface area contributed by atoms with Gasteiger partial charge in [-0.1, -0.05) is 79.6 Å². The van der Waals surface area contributed by atoms with Crippen LogP contribution in [0.3, 0.4) is 0 Å². The fraction of sp³-hybridized carbons (Fsp3) is 0.160. The highest BCUT2D eigenvalue weighted by atomic mass is 35.5. The molecule has 0 radical (unpaired) electrons. The molecule has 0 unspecified atom stereocenters. The Morgan fingerprint density at radius 1 is 0.970 bits per heavy atom. The van der Waals surface area contributed by atoms with Crippen molar-refractivity contribution in [3.63, 3.8) is 0 Å². The summed E-state index contributed by atoms with van der Waals surface area (Å²) in [6, 6.07) is 17.0. The van der Waals surface area contributed by atoms with E-state index in [4.69, 9.17) is 27.6 Å². The first-order valence-corrected chi connectivity index (χ1v) is 11.8. The molecule has 0 fully saturated rings. The van der Waals surface area contributed by atoms with Crippen molar-refractivity contribution in [2.45, 2.75) is 26.2 Å². The molecule has 3 aromatic heterocycles. The lowest BCUT2D eigenvalue weighted by atomic mass is 9.87. The Labute approximate surface area is 203 Å². The van der Waals surface area contributed by atoms with Gasteiger partial charge in [-0.2, -0.15) is 9.50 Å². The van der Waals surface area contributed by atoms with Crippen molar-refractivity contribution >= 4 is 45.6 Å². The van der Waals surface area contributed by atoms with Crippen LogP contribution in [0.2, 0.25) is 10.0 Å². The van der Waals surface area contributed by atoms with Crippen LogP contribution in [0, 0.1) is 0 Å². The van der Waals surface area contributed by atoms with Gasteiger partial charge in [0.15, 0.2) is 5.82 Å². The van der Waals surface area contributed by atoms with E-state index in [2.05, 4.69) is 43.0 Å². The minimum Gasteiger partial charge on any atom is -0.457 e. The maximum Gasteiger partial charge on any atom is 0.291 e. The zero-order valence-corrected chi connectivity index (χ0v) is 20.4. The van der Waals surface area contributed by atoms with E-state index < -0.39 is 0 Å². The Morgan fingerprint density at radius 2 is 1.70 bits per heavy atom. The van der Waals surface area contributed by atoms with Gasteiger partial charge in [0.05, 0.1) is 10.0 Å². The SMILES string of the molecule is CC(C)(C)c1ccc(-c2nc3s/c(=C\c4ccc(-c5ccc(Cl)c(Cl)c5)o4)c(=O)n3n2)cc1. The van der Waals surface area contributed by atoms with Crippen LogP contribution in [0.25, 0.3) is 33.7 Å². The molecule has 5 nitrogen and oxygen atoms in total. The average Bonchev–Trinajstić information content (AvgIpc) is 3.47. The van der Waals surface area contributed by atoms with Gasteiger partial charge in [-0.25, -0.2) is 0 Å². The Bertz CT molecular complexity index is 1590. The van der Waals surface area contributed by atoms with Crippen LogP contribution in [0.15, 0.2) is 63.8 Å². The van der Waals surface area contributed by atoms with Crippen molar-refractivity contribution in [1.82, 2.24) is 14.6 Å². The third-order valence-corrected chi connectivity index (χ3v) is 6.99. The van der Waals surface area contributed by atoms with Crippen LogP contribution in [0.1, 0.15) is 32.1 Å². The molecule has 0 amide bonds. The van der Waals surface area contributed by atoms with Crippen molar-refractivity contribution < 1.29 is 4.42 Å². The van der Waals surface area contributed by atoms with Gasteiger partial charge in [0.25, 0.3) is 5.56 Å². The Balaban J connectivity index is 1.46. The highest BCUT2D eigenvalue weighted by molar-refractivity contribution is 7.15. The topological polar surface area (TPSA) is 60.4 Å². The zero-order chi connectivity index (χ0) is 23.3. The number of thiazole rings is 1. The number of rotatable bonds is 3. The monoisotopic (exact) mass is 495 g/mol. The molecule has 0 spiro atoms. The van der Waals surface area contributed by atoms with Gasteiger partial charge in [-0.3, -0.25) is 4.79 Å². The first-order chi connectivity index (χ1) is 15.7. The summed E-state index contributed by atoms with van der Waals surface area (Å²) < 4.78 is 7.72. The summed E-state index contributed by atoms with van der Waals surface area (Å²) in [7, 11) is 0. The summed E-state index contributed by atoms with van der Waals surface area (Å²) in [5.41, 5.74) is 2.75. The van der Waals surface area contributed by atoms with Crippen molar-refractivity contribution in [1.29, 1.82) is 0 Å². The lowest BCUT2D eigenvalue weighted by Crippen LogP contribution is -2.23. The third-order valence-electron chi connectivity index (χ3n) is 5.30. The number of benzene rings is 2. The van der Waals surface area contributed by atoms with E-state index in [0.29, 0.717) is 36.9 Å². The first-order valence-electron chi connectivity index (χ1n) is 10.3. The van der Waals surface area contributed by atoms with E-state index >= 15 is 0 Å². The molecule has 0 saturated heterocycles. The van der Waals surface area contributed by atoms with E-state index in [1.54, 1.807) is 24.3 Å². The molecule has 3 heterocycles. The standard InChI is InChI=1S/C25H19Cl2N3O2S/c1-25(2,3)16-7-4-14(5-8-16)22-28-24-30(29-22)23(31)21(33-24)13-17-9-11-20(32-17)15-6-10-18(26)19(27)12-15/h4-13H,1-3H3/b21-13-. The highest BCUT2D eigenvalue weighted by Crippen LogP contribution is 2.30. The molecule has 5 aromatic rings. The second-order valence-electron chi connectivity index (χ2n) is 8.70. The Morgan fingerprint density at radius 3 is 2.36 bits per heavy atom. The summed E-state index contributed by atoms with van der Waals surface area (Å²) >= 11 is 13.4. The fourth-order valence-corrected chi connectivity index (χ4v) is 4.63. The van der Waals surface area contributed by atoms with Gasteiger partial charge in [0, 0.05) is 17.2 Å². The van der Waals surface area contributed by atoms with E-state index in [1.807, 2.05) is 24.3 Å². The van der Waals surface area contributed by atoms with Crippen LogP contribution >= 0.6 is 34.5 Å². The van der Waals surface area contributed by atoms with Crippen molar-refractivity contribution in [3.8, 4) is 22.7 Å². The van der Waals surface area contributed by atoms with Crippen molar-refractivity contribution in [3.05, 3.63) is 90.9 Å². The number of halogens is 2. The Kier molecular flexibility index (Phi) is 5.40. The molecule has 2 aromatic carbocycles. The van der Waals surface area contributed by atoms with Gasteiger partial charge < -0.3 is 4.42 Å². The average molecular weight is 496 g/mol. The van der Waals surface area contributed by atoms with Gasteiger partial charge in [0.2, 0.25) is 4.96 Å². The van der Waals surface area contributed by atoms with Crippen LogP contribution < -0.4 is 10.1 Å². The summed E-state index contributed by atoms with van der Waals surface area (Å²) in [6.07, 6.45) is 1.70. The molecule has 8 heteroatoms. The van der Waals surface area contributed by atoms with Crippen molar-refractivity contribution in [2.24, 2.45) is 0 Å². The minimum absolute atomic E-state index is 0.0684. The number of fused-ring (bicyclic) bond motifs is 1. The molecule has 0 bridgehead atoms. The van der Waals surface area contributed by atoms with E-state index in [9.17, 15) is 4.79 Å². The summed E-state index contributed by atoms with van der Waals surface area (Å²) in [6.45, 7) is 6.50. The van der Waals surface area contributed by atoms with Crippen LogP contribution in [-0.4, -0.2) is 14.6 Å². The lowest BCUT2D eigenvalue weighted by molar-refractivity contribution is 0.571. The van der Waals surface area contributed by atoms with E-state index in [0.717, 1.165) is 11.1 Å². The van der Waals surface area contributed by atoms with Gasteiger partial charge in [-0.05, 0) is 41.3 Å². The predicted octanol–water partition coefficient (Wildman–Crippen LogP) is 6.23. The molecule has 0 saturated carbocycles. The molecular formula is C25H19Cl2N3O2S. The molecule has 0 N–H and O–H groups in total. The molecule has 166 valence electrons. The van der Waals surface area contributed by atoms with Crippen LogP contribution in [0.4, 0.5) is 0 Å². The van der Waals surface area contributed by atoms with Crippen molar-refractivity contribution in [2.75, 3.05) is 0 Å². The minimum atomic E-state index is -0.229. The fourth-order valence-electron chi connectivity index (χ4n) is 3.44. The summed E-state index contributed by atoms with van der Waals surface area (Å²) in [4.78, 5) is 18.0. The number of nitrogens with zero attached hydrogens (tertiary/aromatic N) is 3. The maximum absolute atomic E-state index is 12.9. The second kappa shape index (κ2) is 8.13. The summed E-state index contributed by atoms with van der Waals surface area (Å²) in [5.74, 6) is 1.72. The molecule has 5 rings (SSSR count). The number of aromatic nitrogens is 3. The first kappa shape index (κ1) is 21.9. The van der Waals surface area contributed by atoms with Crippen LogP contribution in [-0.2, 0) is 5.41 Å². The molecule has 0 atom stereocenters. The summed E-state index contributed by atoms with van der Waals surface area (Å²) in [5, 5.41) is 5.36. The third kappa shape index (κ3) is 4.22. The van der Waals surface area contributed by atoms with Gasteiger partial charge in [0.1, 0.15) is 16.1 Å². The van der Waals surface area contributed by atoms with Crippen LogP contribution in [0.5, 0.6) is 0 Å². The predicted molar refractivity (Wildman–Crippen MR) is 134 cm³/mol. The largest absolute Gasteiger partial charge is 0.457 e. The molecule has 0 aliphatic carbocycles.